The first-order valence-corrected chi connectivity index (χ1v) is 10.1. The number of halogens is 1. The van der Waals surface area contributed by atoms with Crippen molar-refractivity contribution < 1.29 is 18.4 Å². The van der Waals surface area contributed by atoms with E-state index in [2.05, 4.69) is 21.2 Å². The lowest BCUT2D eigenvalue weighted by molar-refractivity contribution is 0.0666. The summed E-state index contributed by atoms with van der Waals surface area (Å²) >= 11 is 3.46. The van der Waals surface area contributed by atoms with Gasteiger partial charge in [-0.3, -0.25) is 9.59 Å². The third kappa shape index (κ3) is 3.58. The quantitative estimate of drug-likeness (QED) is 0.647. The second-order valence-corrected chi connectivity index (χ2v) is 8.06. The molecule has 7 heteroatoms. The number of amides is 2. The van der Waals surface area contributed by atoms with Crippen LogP contribution in [0.25, 0.3) is 11.0 Å². The van der Waals surface area contributed by atoms with Gasteiger partial charge in [0, 0.05) is 34.6 Å². The molecule has 0 spiro atoms. The van der Waals surface area contributed by atoms with Gasteiger partial charge in [-0.15, -0.1) is 0 Å². The minimum absolute atomic E-state index is 0.0229. The van der Waals surface area contributed by atoms with Crippen LogP contribution in [-0.2, 0) is 0 Å². The van der Waals surface area contributed by atoms with Crippen LogP contribution in [0, 0.1) is 13.8 Å². The molecular weight excluding hydrogens is 424 g/mol. The summed E-state index contributed by atoms with van der Waals surface area (Å²) in [6, 6.07) is 9.18. The van der Waals surface area contributed by atoms with Crippen LogP contribution in [0.1, 0.15) is 45.3 Å². The minimum Gasteiger partial charge on any atom is -0.456 e. The number of carbonyl (C=O) groups excluding carboxylic acids is 2. The molecule has 6 nitrogen and oxygen atoms in total. The minimum atomic E-state index is -0.211. The molecule has 1 fully saturated rings. The van der Waals surface area contributed by atoms with Gasteiger partial charge in [0.25, 0.3) is 11.8 Å². The fraction of sp³-hybridized carbons (Fsp3) is 0.333. The molecule has 2 amide bonds. The lowest BCUT2D eigenvalue weighted by atomic mass is 10.0. The molecule has 1 aromatic carbocycles. The highest BCUT2D eigenvalue weighted by molar-refractivity contribution is 9.10. The second kappa shape index (κ2) is 7.47. The average Bonchev–Trinajstić information content (AvgIpc) is 3.26. The summed E-state index contributed by atoms with van der Waals surface area (Å²) in [5.74, 6) is 1.10. The Balaban J connectivity index is 1.40. The molecular formula is C21H21BrN2O4. The van der Waals surface area contributed by atoms with Crippen LogP contribution >= 0.6 is 15.9 Å². The number of hydrogen-bond donors (Lipinski definition) is 1. The molecule has 3 heterocycles. The summed E-state index contributed by atoms with van der Waals surface area (Å²) in [6.45, 7) is 4.85. The highest BCUT2D eigenvalue weighted by atomic mass is 79.9. The molecule has 1 N–H and O–H groups in total. The first kappa shape index (κ1) is 18.8. The van der Waals surface area contributed by atoms with Gasteiger partial charge >= 0.3 is 0 Å². The van der Waals surface area contributed by atoms with E-state index in [1.54, 1.807) is 24.0 Å². The van der Waals surface area contributed by atoms with E-state index in [0.29, 0.717) is 48.8 Å². The Labute approximate surface area is 171 Å². The third-order valence-corrected chi connectivity index (χ3v) is 5.67. The van der Waals surface area contributed by atoms with Crippen molar-refractivity contribution in [3.63, 3.8) is 0 Å². The number of piperidine rings is 1. The highest BCUT2D eigenvalue weighted by Gasteiger charge is 2.28. The van der Waals surface area contributed by atoms with E-state index < -0.39 is 0 Å². The first-order chi connectivity index (χ1) is 13.4. The highest BCUT2D eigenvalue weighted by Crippen LogP contribution is 2.29. The lowest BCUT2D eigenvalue weighted by Gasteiger charge is -2.31. The molecule has 2 aromatic heterocycles. The van der Waals surface area contributed by atoms with Crippen molar-refractivity contribution >= 4 is 38.7 Å². The fourth-order valence-electron chi connectivity index (χ4n) is 3.58. The van der Waals surface area contributed by atoms with Crippen molar-refractivity contribution in [1.82, 2.24) is 10.2 Å². The van der Waals surface area contributed by atoms with Crippen LogP contribution < -0.4 is 5.32 Å². The monoisotopic (exact) mass is 444 g/mol. The molecule has 28 heavy (non-hydrogen) atoms. The zero-order chi connectivity index (χ0) is 19.8. The number of nitrogens with one attached hydrogen (secondary N) is 1. The zero-order valence-electron chi connectivity index (χ0n) is 15.8. The molecule has 0 atom stereocenters. The van der Waals surface area contributed by atoms with E-state index in [1.807, 2.05) is 25.1 Å². The van der Waals surface area contributed by atoms with Crippen LogP contribution in [0.4, 0.5) is 0 Å². The summed E-state index contributed by atoms with van der Waals surface area (Å²) in [4.78, 5) is 27.0. The topological polar surface area (TPSA) is 75.7 Å². The Bertz CT molecular complexity index is 1040. The van der Waals surface area contributed by atoms with E-state index in [1.165, 1.54) is 0 Å². The van der Waals surface area contributed by atoms with Gasteiger partial charge in [0.1, 0.15) is 11.3 Å². The number of furan rings is 2. The number of benzene rings is 1. The predicted octanol–water partition coefficient (Wildman–Crippen LogP) is 4.44. The number of nitrogens with zero attached hydrogens (tertiary/aromatic N) is 1. The van der Waals surface area contributed by atoms with Gasteiger partial charge < -0.3 is 19.1 Å². The Morgan fingerprint density at radius 3 is 2.54 bits per heavy atom. The van der Waals surface area contributed by atoms with E-state index in [4.69, 9.17) is 8.83 Å². The van der Waals surface area contributed by atoms with Gasteiger partial charge in [0.2, 0.25) is 0 Å². The van der Waals surface area contributed by atoms with E-state index in [0.717, 1.165) is 15.4 Å². The standard InChI is InChI=1S/C21H21BrN2O4/c1-12-3-5-18(27-12)20(25)23-15-7-9-24(10-8-15)21(26)19-13(2)16-11-14(22)4-6-17(16)28-19/h3-6,11,15H,7-10H2,1-2H3,(H,23,25). The summed E-state index contributed by atoms with van der Waals surface area (Å²) in [5.41, 5.74) is 1.56. The van der Waals surface area contributed by atoms with Crippen molar-refractivity contribution in [2.45, 2.75) is 32.7 Å². The van der Waals surface area contributed by atoms with Gasteiger partial charge in [-0.25, -0.2) is 0 Å². The van der Waals surface area contributed by atoms with Crippen LogP contribution in [0.3, 0.4) is 0 Å². The Kier molecular flexibility index (Phi) is 5.02. The Morgan fingerprint density at radius 1 is 1.11 bits per heavy atom. The molecule has 146 valence electrons. The fourth-order valence-corrected chi connectivity index (χ4v) is 3.94. The molecule has 1 saturated heterocycles. The number of likely N-dealkylation sites (tertiary alicyclic amines) is 1. The maximum atomic E-state index is 12.9. The summed E-state index contributed by atoms with van der Waals surface area (Å²) < 4.78 is 12.1. The number of rotatable bonds is 3. The smallest absolute Gasteiger partial charge is 0.289 e. The van der Waals surface area contributed by atoms with E-state index in [-0.39, 0.29) is 17.9 Å². The molecule has 3 aromatic rings. The molecule has 0 saturated carbocycles. The molecule has 0 bridgehead atoms. The van der Waals surface area contributed by atoms with Gasteiger partial charge in [0.05, 0.1) is 0 Å². The van der Waals surface area contributed by atoms with Crippen LogP contribution in [0.15, 0.2) is 43.6 Å². The van der Waals surface area contributed by atoms with Gasteiger partial charge in [-0.2, -0.15) is 0 Å². The Hall–Kier alpha value is -2.54. The molecule has 0 radical (unpaired) electrons. The Morgan fingerprint density at radius 2 is 1.86 bits per heavy atom. The van der Waals surface area contributed by atoms with Crippen LogP contribution in [-0.4, -0.2) is 35.8 Å². The van der Waals surface area contributed by atoms with Gasteiger partial charge in [0.15, 0.2) is 11.5 Å². The van der Waals surface area contributed by atoms with Crippen LogP contribution in [0.2, 0.25) is 0 Å². The maximum Gasteiger partial charge on any atom is 0.289 e. The first-order valence-electron chi connectivity index (χ1n) is 9.27. The SMILES string of the molecule is Cc1ccc(C(=O)NC2CCN(C(=O)c3oc4ccc(Br)cc4c3C)CC2)o1. The molecule has 1 aliphatic rings. The predicted molar refractivity (Wildman–Crippen MR) is 108 cm³/mol. The van der Waals surface area contributed by atoms with Crippen molar-refractivity contribution in [3.05, 3.63) is 57.6 Å². The molecule has 0 aliphatic carbocycles. The molecule has 0 unspecified atom stereocenters. The number of fused-ring (bicyclic) bond motifs is 1. The van der Waals surface area contributed by atoms with E-state index >= 15 is 0 Å². The zero-order valence-corrected chi connectivity index (χ0v) is 17.3. The normalized spacial score (nSPS) is 15.2. The average molecular weight is 445 g/mol. The number of aryl methyl sites for hydroxylation is 2. The van der Waals surface area contributed by atoms with Crippen molar-refractivity contribution in [2.75, 3.05) is 13.1 Å². The number of carbonyl (C=O) groups is 2. The van der Waals surface area contributed by atoms with Gasteiger partial charge in [-0.1, -0.05) is 15.9 Å². The summed E-state index contributed by atoms with van der Waals surface area (Å²) in [5, 5.41) is 3.93. The van der Waals surface area contributed by atoms with Crippen molar-refractivity contribution in [2.24, 2.45) is 0 Å². The lowest BCUT2D eigenvalue weighted by Crippen LogP contribution is -2.46. The van der Waals surface area contributed by atoms with Crippen molar-refractivity contribution in [3.8, 4) is 0 Å². The maximum absolute atomic E-state index is 12.9. The number of hydrogen-bond acceptors (Lipinski definition) is 4. The largest absolute Gasteiger partial charge is 0.456 e. The second-order valence-electron chi connectivity index (χ2n) is 7.15. The summed E-state index contributed by atoms with van der Waals surface area (Å²) in [7, 11) is 0. The van der Waals surface area contributed by atoms with E-state index in [9.17, 15) is 9.59 Å². The summed E-state index contributed by atoms with van der Waals surface area (Å²) in [6.07, 6.45) is 1.39. The van der Waals surface area contributed by atoms with Gasteiger partial charge in [-0.05, 0) is 57.0 Å². The third-order valence-electron chi connectivity index (χ3n) is 5.17. The van der Waals surface area contributed by atoms with Crippen molar-refractivity contribution in [1.29, 1.82) is 0 Å². The molecule has 4 rings (SSSR count). The molecule has 1 aliphatic heterocycles. The van der Waals surface area contributed by atoms with Crippen LogP contribution in [0.5, 0.6) is 0 Å².